The van der Waals surface area contributed by atoms with Crippen molar-refractivity contribution in [3.8, 4) is 11.5 Å². The Morgan fingerprint density at radius 3 is 2.62 bits per heavy atom. The Morgan fingerprint density at radius 2 is 1.92 bits per heavy atom. The van der Waals surface area contributed by atoms with Crippen LogP contribution in [0.15, 0.2) is 58.4 Å². The van der Waals surface area contributed by atoms with Gasteiger partial charge in [0.1, 0.15) is 0 Å². The Bertz CT molecular complexity index is 863. The van der Waals surface area contributed by atoms with E-state index in [2.05, 4.69) is 4.99 Å². The van der Waals surface area contributed by atoms with Crippen LogP contribution in [-0.4, -0.2) is 36.7 Å². The molecule has 0 N–H and O–H groups in total. The highest BCUT2D eigenvalue weighted by Crippen LogP contribution is 2.35. The van der Waals surface area contributed by atoms with E-state index in [9.17, 15) is 4.79 Å². The van der Waals surface area contributed by atoms with Crippen molar-refractivity contribution in [3.05, 3.63) is 59.0 Å². The fourth-order valence-corrected chi connectivity index (χ4v) is 3.45. The van der Waals surface area contributed by atoms with E-state index < -0.39 is 0 Å². The highest BCUT2D eigenvalue weighted by Gasteiger charge is 2.30. The third kappa shape index (κ3) is 3.91. The standard InChI is InChI=1S/C20H20N2O3S/c1-4-25-17-12-14(10-11-16(17)24-3)13-18-19(23)22(2)20(26-18)21-15-8-6-5-7-9-15/h5-13H,4H2,1-3H3/b18-13-,21-20?. The number of nitrogens with zero attached hydrogens (tertiary/aromatic N) is 2. The van der Waals surface area contributed by atoms with E-state index in [-0.39, 0.29) is 5.91 Å². The molecule has 3 rings (SSSR count). The maximum atomic E-state index is 12.5. The third-order valence-electron chi connectivity index (χ3n) is 3.77. The van der Waals surface area contributed by atoms with Gasteiger partial charge in [-0.05, 0) is 54.6 Å². The molecule has 1 fully saturated rings. The molecule has 0 saturated carbocycles. The largest absolute Gasteiger partial charge is 0.493 e. The van der Waals surface area contributed by atoms with Crippen LogP contribution in [0.3, 0.4) is 0 Å². The van der Waals surface area contributed by atoms with Gasteiger partial charge in [-0.3, -0.25) is 9.69 Å². The van der Waals surface area contributed by atoms with E-state index in [0.717, 1.165) is 11.3 Å². The Labute approximate surface area is 157 Å². The molecular weight excluding hydrogens is 348 g/mol. The molecule has 0 unspecified atom stereocenters. The molecule has 0 spiro atoms. The number of aliphatic imine (C=N–C) groups is 1. The number of rotatable bonds is 5. The number of methoxy groups -OCH3 is 1. The molecule has 6 heteroatoms. The molecule has 1 aliphatic heterocycles. The van der Waals surface area contributed by atoms with Gasteiger partial charge in [-0.2, -0.15) is 0 Å². The van der Waals surface area contributed by atoms with Crippen molar-refractivity contribution in [1.82, 2.24) is 4.90 Å². The molecule has 1 aliphatic rings. The number of hydrogen-bond donors (Lipinski definition) is 0. The van der Waals surface area contributed by atoms with Crippen LogP contribution in [0.1, 0.15) is 12.5 Å². The van der Waals surface area contributed by atoms with Crippen LogP contribution in [0.25, 0.3) is 6.08 Å². The fraction of sp³-hybridized carbons (Fsp3) is 0.200. The molecule has 0 aromatic heterocycles. The number of likely N-dealkylation sites (N-methyl/N-ethyl adjacent to an activating group) is 1. The van der Waals surface area contributed by atoms with Gasteiger partial charge in [0.05, 0.1) is 24.3 Å². The Kier molecular flexibility index (Phi) is 5.63. The molecular formula is C20H20N2O3S. The van der Waals surface area contributed by atoms with Crippen molar-refractivity contribution in [3.63, 3.8) is 0 Å². The smallest absolute Gasteiger partial charge is 0.266 e. The zero-order chi connectivity index (χ0) is 18.5. The SMILES string of the molecule is CCOc1cc(/C=C2\SC(=Nc3ccccc3)N(C)C2=O)ccc1OC. The minimum absolute atomic E-state index is 0.0709. The van der Waals surface area contributed by atoms with E-state index >= 15 is 0 Å². The minimum atomic E-state index is -0.0709. The first-order valence-electron chi connectivity index (χ1n) is 8.24. The maximum Gasteiger partial charge on any atom is 0.266 e. The quantitative estimate of drug-likeness (QED) is 0.737. The summed E-state index contributed by atoms with van der Waals surface area (Å²) in [6, 6.07) is 15.2. The van der Waals surface area contributed by atoms with E-state index in [1.807, 2.05) is 61.5 Å². The highest BCUT2D eigenvalue weighted by molar-refractivity contribution is 8.18. The zero-order valence-corrected chi connectivity index (χ0v) is 15.7. The van der Waals surface area contributed by atoms with E-state index in [1.165, 1.54) is 11.8 Å². The van der Waals surface area contributed by atoms with Gasteiger partial charge in [0.25, 0.3) is 5.91 Å². The molecule has 2 aromatic carbocycles. The van der Waals surface area contributed by atoms with Gasteiger partial charge in [-0.1, -0.05) is 24.3 Å². The summed E-state index contributed by atoms with van der Waals surface area (Å²) in [5, 5.41) is 0.658. The van der Waals surface area contributed by atoms with Gasteiger partial charge in [0.2, 0.25) is 0 Å². The third-order valence-corrected chi connectivity index (χ3v) is 4.83. The first-order chi connectivity index (χ1) is 12.6. The number of para-hydroxylation sites is 1. The zero-order valence-electron chi connectivity index (χ0n) is 14.9. The molecule has 26 heavy (non-hydrogen) atoms. The summed E-state index contributed by atoms with van der Waals surface area (Å²) in [5.74, 6) is 1.26. The molecule has 134 valence electrons. The Balaban J connectivity index is 1.89. The lowest BCUT2D eigenvalue weighted by molar-refractivity contribution is -0.121. The van der Waals surface area contributed by atoms with Crippen LogP contribution in [0, 0.1) is 0 Å². The molecule has 5 nitrogen and oxygen atoms in total. The Hall–Kier alpha value is -2.73. The lowest BCUT2D eigenvalue weighted by atomic mass is 10.2. The monoisotopic (exact) mass is 368 g/mol. The van der Waals surface area contributed by atoms with Crippen molar-refractivity contribution in [1.29, 1.82) is 0 Å². The summed E-state index contributed by atoms with van der Waals surface area (Å²) in [5.41, 5.74) is 1.69. The molecule has 0 aliphatic carbocycles. The normalized spacial score (nSPS) is 17.2. The lowest BCUT2D eigenvalue weighted by Crippen LogP contribution is -2.23. The minimum Gasteiger partial charge on any atom is -0.493 e. The molecule has 0 bridgehead atoms. The molecule has 1 amide bonds. The fourth-order valence-electron chi connectivity index (χ4n) is 2.47. The van der Waals surface area contributed by atoms with Gasteiger partial charge >= 0.3 is 0 Å². The summed E-state index contributed by atoms with van der Waals surface area (Å²) in [6.45, 7) is 2.46. The number of ether oxygens (including phenoxy) is 2. The predicted octanol–water partition coefficient (Wildman–Crippen LogP) is 4.33. The molecule has 1 heterocycles. The number of hydrogen-bond acceptors (Lipinski definition) is 5. The highest BCUT2D eigenvalue weighted by atomic mass is 32.2. The van der Waals surface area contributed by atoms with E-state index in [4.69, 9.17) is 9.47 Å². The lowest BCUT2D eigenvalue weighted by Gasteiger charge is -2.09. The summed E-state index contributed by atoms with van der Waals surface area (Å²) in [6.07, 6.45) is 1.85. The second-order valence-electron chi connectivity index (χ2n) is 5.55. The summed E-state index contributed by atoms with van der Waals surface area (Å²) in [7, 11) is 3.34. The van der Waals surface area contributed by atoms with Crippen molar-refractivity contribution >= 4 is 34.6 Å². The Morgan fingerprint density at radius 1 is 1.15 bits per heavy atom. The number of carbonyl (C=O) groups excluding carboxylic acids is 1. The second-order valence-corrected chi connectivity index (χ2v) is 6.56. The van der Waals surface area contributed by atoms with Crippen LogP contribution in [0.2, 0.25) is 0 Å². The molecule has 0 atom stereocenters. The van der Waals surface area contributed by atoms with Gasteiger partial charge in [-0.15, -0.1) is 0 Å². The van der Waals surface area contributed by atoms with Crippen LogP contribution in [0.5, 0.6) is 11.5 Å². The van der Waals surface area contributed by atoms with Gasteiger partial charge < -0.3 is 9.47 Å². The van der Waals surface area contributed by atoms with Crippen LogP contribution >= 0.6 is 11.8 Å². The van der Waals surface area contributed by atoms with Crippen molar-refractivity contribution in [2.24, 2.45) is 4.99 Å². The molecule has 1 saturated heterocycles. The first-order valence-corrected chi connectivity index (χ1v) is 9.06. The van der Waals surface area contributed by atoms with Crippen molar-refractivity contribution in [2.75, 3.05) is 20.8 Å². The first kappa shape index (κ1) is 18.1. The summed E-state index contributed by atoms with van der Waals surface area (Å²) >= 11 is 1.36. The summed E-state index contributed by atoms with van der Waals surface area (Å²) in [4.78, 5) is 19.3. The van der Waals surface area contributed by atoms with Gasteiger partial charge in [-0.25, -0.2) is 4.99 Å². The van der Waals surface area contributed by atoms with Crippen LogP contribution in [-0.2, 0) is 4.79 Å². The average Bonchev–Trinajstić information content (AvgIpc) is 2.91. The van der Waals surface area contributed by atoms with Crippen LogP contribution in [0.4, 0.5) is 5.69 Å². The number of carbonyl (C=O) groups is 1. The van der Waals surface area contributed by atoms with E-state index in [0.29, 0.717) is 28.2 Å². The molecule has 0 radical (unpaired) electrons. The van der Waals surface area contributed by atoms with E-state index in [1.54, 1.807) is 19.1 Å². The maximum absolute atomic E-state index is 12.5. The van der Waals surface area contributed by atoms with Crippen LogP contribution < -0.4 is 9.47 Å². The van der Waals surface area contributed by atoms with Crippen molar-refractivity contribution in [2.45, 2.75) is 6.92 Å². The van der Waals surface area contributed by atoms with Gasteiger partial charge in [0.15, 0.2) is 16.7 Å². The predicted molar refractivity (Wildman–Crippen MR) is 106 cm³/mol. The topological polar surface area (TPSA) is 51.1 Å². The van der Waals surface area contributed by atoms with Crippen molar-refractivity contribution < 1.29 is 14.3 Å². The molecule has 2 aromatic rings. The summed E-state index contributed by atoms with van der Waals surface area (Å²) < 4.78 is 10.9. The second kappa shape index (κ2) is 8.10. The number of thioether (sulfide) groups is 1. The number of amidine groups is 1. The average molecular weight is 368 g/mol. The van der Waals surface area contributed by atoms with Gasteiger partial charge in [0, 0.05) is 7.05 Å². The number of amides is 1. The number of benzene rings is 2.